The molecule has 1 aliphatic heterocycles. The molecule has 2 rings (SSSR count). The molecule has 6 nitrogen and oxygen atoms in total. The highest BCUT2D eigenvalue weighted by molar-refractivity contribution is 7.99. The molecular weight excluding hydrogens is 278 g/mol. The van der Waals surface area contributed by atoms with Crippen LogP contribution in [0.2, 0.25) is 0 Å². The number of carbonyl (C=O) groups is 2. The second-order valence-electron chi connectivity index (χ2n) is 4.70. The maximum atomic E-state index is 12.1. The second kappa shape index (κ2) is 6.04. The summed E-state index contributed by atoms with van der Waals surface area (Å²) in [6.07, 6.45) is 0. The number of aliphatic carboxylic acids is 1. The predicted octanol–water partition coefficient (Wildman–Crippen LogP) is 1.74. The van der Waals surface area contributed by atoms with Crippen molar-refractivity contribution in [3.63, 3.8) is 0 Å². The van der Waals surface area contributed by atoms with Gasteiger partial charge in [-0.2, -0.15) is 0 Å². The third-order valence-electron chi connectivity index (χ3n) is 3.06. The Morgan fingerprint density at radius 3 is 2.55 bits per heavy atom. The molecule has 1 atom stereocenters. The Morgan fingerprint density at radius 1 is 1.35 bits per heavy atom. The van der Waals surface area contributed by atoms with Gasteiger partial charge >= 0.3 is 12.0 Å². The van der Waals surface area contributed by atoms with Crippen LogP contribution in [-0.4, -0.2) is 53.8 Å². The first-order valence-corrected chi connectivity index (χ1v) is 7.30. The van der Waals surface area contributed by atoms with Gasteiger partial charge in [0.15, 0.2) is 0 Å². The number of benzene rings is 1. The molecule has 0 bridgehead atoms. The molecular formula is C13H17N3O3S. The summed E-state index contributed by atoms with van der Waals surface area (Å²) in [5.74, 6) is -0.130. The van der Waals surface area contributed by atoms with Crippen LogP contribution in [0.15, 0.2) is 24.3 Å². The van der Waals surface area contributed by atoms with Crippen LogP contribution in [0.1, 0.15) is 0 Å². The van der Waals surface area contributed by atoms with Crippen molar-refractivity contribution in [2.24, 2.45) is 0 Å². The first kappa shape index (κ1) is 14.5. The molecule has 1 aromatic carbocycles. The van der Waals surface area contributed by atoms with Gasteiger partial charge in [-0.3, -0.25) is 0 Å². The fraction of sp³-hybridized carbons (Fsp3) is 0.385. The fourth-order valence-electron chi connectivity index (χ4n) is 1.89. The Kier molecular flexibility index (Phi) is 4.39. The van der Waals surface area contributed by atoms with Gasteiger partial charge in [-0.15, -0.1) is 11.8 Å². The van der Waals surface area contributed by atoms with Crippen LogP contribution < -0.4 is 10.2 Å². The Labute approximate surface area is 121 Å². The number of carboxylic acids is 1. The van der Waals surface area contributed by atoms with E-state index in [-0.39, 0.29) is 6.03 Å². The number of rotatable bonds is 3. The molecule has 2 amide bonds. The van der Waals surface area contributed by atoms with Crippen LogP contribution in [0.4, 0.5) is 16.2 Å². The minimum atomic E-state index is -0.965. The van der Waals surface area contributed by atoms with E-state index in [4.69, 9.17) is 5.11 Å². The molecule has 0 aromatic heterocycles. The van der Waals surface area contributed by atoms with Crippen molar-refractivity contribution in [3.8, 4) is 0 Å². The van der Waals surface area contributed by atoms with Crippen molar-refractivity contribution in [1.29, 1.82) is 0 Å². The van der Waals surface area contributed by atoms with Crippen molar-refractivity contribution < 1.29 is 14.7 Å². The SMILES string of the molecule is CN(C)c1ccc(NC(=O)N2CSCC2C(=O)O)cc1. The monoisotopic (exact) mass is 295 g/mol. The zero-order valence-electron chi connectivity index (χ0n) is 11.4. The molecule has 0 aliphatic carbocycles. The minimum absolute atomic E-state index is 0.375. The van der Waals surface area contributed by atoms with Gasteiger partial charge in [0.25, 0.3) is 0 Å². The van der Waals surface area contributed by atoms with E-state index < -0.39 is 12.0 Å². The summed E-state index contributed by atoms with van der Waals surface area (Å²) < 4.78 is 0. The molecule has 1 aliphatic rings. The molecule has 1 heterocycles. The van der Waals surface area contributed by atoms with Crippen LogP contribution in [0.3, 0.4) is 0 Å². The minimum Gasteiger partial charge on any atom is -0.480 e. The summed E-state index contributed by atoms with van der Waals surface area (Å²) in [6, 6.07) is 6.26. The van der Waals surface area contributed by atoms with Crippen LogP contribution >= 0.6 is 11.8 Å². The highest BCUT2D eigenvalue weighted by Gasteiger charge is 2.34. The predicted molar refractivity (Wildman–Crippen MR) is 80.4 cm³/mol. The van der Waals surface area contributed by atoms with Crippen LogP contribution in [0, 0.1) is 0 Å². The largest absolute Gasteiger partial charge is 0.480 e. The molecule has 0 radical (unpaired) electrons. The Morgan fingerprint density at radius 2 is 2.00 bits per heavy atom. The van der Waals surface area contributed by atoms with E-state index in [9.17, 15) is 9.59 Å². The summed E-state index contributed by atoms with van der Waals surface area (Å²) in [5, 5.41) is 11.8. The normalized spacial score (nSPS) is 17.9. The molecule has 0 spiro atoms. The number of urea groups is 1. The number of carbonyl (C=O) groups excluding carboxylic acids is 1. The Balaban J connectivity index is 2.02. The molecule has 2 N–H and O–H groups in total. The first-order valence-electron chi connectivity index (χ1n) is 6.14. The Bertz CT molecular complexity index is 504. The van der Waals surface area contributed by atoms with Gasteiger partial charge in [0.2, 0.25) is 0 Å². The lowest BCUT2D eigenvalue weighted by molar-refractivity contribution is -0.140. The molecule has 1 fully saturated rings. The maximum Gasteiger partial charge on any atom is 0.327 e. The van der Waals surface area contributed by atoms with E-state index in [2.05, 4.69) is 5.32 Å². The van der Waals surface area contributed by atoms with Crippen molar-refractivity contribution in [2.75, 3.05) is 35.9 Å². The molecule has 20 heavy (non-hydrogen) atoms. The lowest BCUT2D eigenvalue weighted by Gasteiger charge is -2.21. The first-order chi connectivity index (χ1) is 9.49. The van der Waals surface area contributed by atoms with E-state index in [1.807, 2.05) is 31.1 Å². The standard InChI is InChI=1S/C13H17N3O3S/c1-15(2)10-5-3-9(4-6-10)14-13(19)16-8-20-7-11(16)12(17)18/h3-6,11H,7-8H2,1-2H3,(H,14,19)(H,17,18). The van der Waals surface area contributed by atoms with Crippen molar-refractivity contribution in [1.82, 2.24) is 4.90 Å². The van der Waals surface area contributed by atoms with Gasteiger partial charge in [-0.05, 0) is 24.3 Å². The number of hydrogen-bond acceptors (Lipinski definition) is 4. The average molecular weight is 295 g/mol. The van der Waals surface area contributed by atoms with Gasteiger partial charge in [0.1, 0.15) is 6.04 Å². The number of hydrogen-bond donors (Lipinski definition) is 2. The maximum absolute atomic E-state index is 12.1. The quantitative estimate of drug-likeness (QED) is 0.888. The van der Waals surface area contributed by atoms with E-state index in [0.717, 1.165) is 5.69 Å². The highest BCUT2D eigenvalue weighted by Crippen LogP contribution is 2.23. The third-order valence-corrected chi connectivity index (χ3v) is 4.08. The topological polar surface area (TPSA) is 72.9 Å². The zero-order valence-corrected chi connectivity index (χ0v) is 12.2. The number of carboxylic acid groups (broad SMARTS) is 1. The van der Waals surface area contributed by atoms with Crippen LogP contribution in [0.25, 0.3) is 0 Å². The van der Waals surface area contributed by atoms with Gasteiger partial charge in [-0.1, -0.05) is 0 Å². The molecule has 0 saturated carbocycles. The highest BCUT2D eigenvalue weighted by atomic mass is 32.2. The lowest BCUT2D eigenvalue weighted by Crippen LogP contribution is -2.43. The lowest BCUT2D eigenvalue weighted by atomic mass is 10.2. The molecule has 1 saturated heterocycles. The van der Waals surface area contributed by atoms with Gasteiger partial charge in [0, 0.05) is 31.2 Å². The van der Waals surface area contributed by atoms with Gasteiger partial charge in [-0.25, -0.2) is 9.59 Å². The molecule has 108 valence electrons. The van der Waals surface area contributed by atoms with Crippen LogP contribution in [-0.2, 0) is 4.79 Å². The molecule has 1 aromatic rings. The summed E-state index contributed by atoms with van der Waals surface area (Å²) in [4.78, 5) is 26.4. The van der Waals surface area contributed by atoms with Gasteiger partial charge < -0.3 is 20.2 Å². The van der Waals surface area contributed by atoms with E-state index >= 15 is 0 Å². The van der Waals surface area contributed by atoms with Crippen molar-refractivity contribution in [3.05, 3.63) is 24.3 Å². The second-order valence-corrected chi connectivity index (χ2v) is 5.69. The summed E-state index contributed by atoms with van der Waals surface area (Å²) >= 11 is 1.44. The van der Waals surface area contributed by atoms with E-state index in [1.165, 1.54) is 16.7 Å². The molecule has 7 heteroatoms. The van der Waals surface area contributed by atoms with Crippen LogP contribution in [0.5, 0.6) is 0 Å². The van der Waals surface area contributed by atoms with Gasteiger partial charge in [0.05, 0.1) is 5.88 Å². The number of thioether (sulfide) groups is 1. The fourth-order valence-corrected chi connectivity index (χ4v) is 3.03. The number of nitrogens with zero attached hydrogens (tertiary/aromatic N) is 2. The number of nitrogens with one attached hydrogen (secondary N) is 1. The van der Waals surface area contributed by atoms with Crippen molar-refractivity contribution >= 4 is 35.1 Å². The van der Waals surface area contributed by atoms with E-state index in [1.54, 1.807) is 12.1 Å². The smallest absolute Gasteiger partial charge is 0.327 e. The summed E-state index contributed by atoms with van der Waals surface area (Å²) in [6.45, 7) is 0. The third kappa shape index (κ3) is 3.16. The van der Waals surface area contributed by atoms with E-state index in [0.29, 0.717) is 17.3 Å². The summed E-state index contributed by atoms with van der Waals surface area (Å²) in [5.41, 5.74) is 1.68. The zero-order chi connectivity index (χ0) is 14.7. The molecule has 1 unspecified atom stereocenters. The number of amides is 2. The number of anilines is 2. The average Bonchev–Trinajstić information content (AvgIpc) is 2.88. The van der Waals surface area contributed by atoms with Crippen molar-refractivity contribution in [2.45, 2.75) is 6.04 Å². The summed E-state index contributed by atoms with van der Waals surface area (Å²) in [7, 11) is 3.87. The Hall–Kier alpha value is -1.89.